The number of methoxy groups -OCH3 is 1. The third-order valence-electron chi connectivity index (χ3n) is 5.42. The zero-order valence-electron chi connectivity index (χ0n) is 16.5. The highest BCUT2D eigenvalue weighted by Gasteiger charge is 2.26. The van der Waals surface area contributed by atoms with Gasteiger partial charge in [-0.3, -0.25) is 14.4 Å². The number of carbonyl (C=O) groups excluding carboxylic acids is 3. The summed E-state index contributed by atoms with van der Waals surface area (Å²) in [6.45, 7) is 2.83. The minimum atomic E-state index is -0.238. The molecule has 2 aromatic rings. The first-order valence-electron chi connectivity index (χ1n) is 9.68. The van der Waals surface area contributed by atoms with Gasteiger partial charge in [-0.25, -0.2) is 0 Å². The molecule has 3 amide bonds. The van der Waals surface area contributed by atoms with E-state index in [-0.39, 0.29) is 17.7 Å². The van der Waals surface area contributed by atoms with Gasteiger partial charge in [-0.05, 0) is 54.8 Å². The normalized spacial score (nSPS) is 15.4. The van der Waals surface area contributed by atoms with Crippen LogP contribution in [0.25, 0.3) is 0 Å². The van der Waals surface area contributed by atoms with Gasteiger partial charge in [-0.1, -0.05) is 0 Å². The molecule has 0 bridgehead atoms. The maximum absolute atomic E-state index is 12.8. The fourth-order valence-corrected chi connectivity index (χ4v) is 3.95. The number of carbonyl (C=O) groups is 3. The van der Waals surface area contributed by atoms with Gasteiger partial charge in [-0.15, -0.1) is 0 Å². The summed E-state index contributed by atoms with van der Waals surface area (Å²) >= 11 is 0. The number of hydrogen-bond acceptors (Lipinski definition) is 4. The van der Waals surface area contributed by atoms with Crippen molar-refractivity contribution in [2.75, 3.05) is 35.3 Å². The van der Waals surface area contributed by atoms with E-state index in [0.29, 0.717) is 42.2 Å². The molecule has 0 atom stereocenters. The lowest BCUT2D eigenvalue weighted by molar-refractivity contribution is -0.117. The summed E-state index contributed by atoms with van der Waals surface area (Å²) in [7, 11) is 1.56. The topological polar surface area (TPSA) is 79.0 Å². The molecule has 0 aliphatic carbocycles. The van der Waals surface area contributed by atoms with Crippen molar-refractivity contribution in [3.63, 3.8) is 0 Å². The molecule has 29 heavy (non-hydrogen) atoms. The maximum Gasteiger partial charge on any atom is 0.255 e. The van der Waals surface area contributed by atoms with E-state index in [1.54, 1.807) is 48.1 Å². The average molecular weight is 393 g/mol. The van der Waals surface area contributed by atoms with E-state index in [1.165, 1.54) is 0 Å². The highest BCUT2D eigenvalue weighted by molar-refractivity contribution is 6.06. The van der Waals surface area contributed by atoms with Crippen molar-refractivity contribution in [1.29, 1.82) is 0 Å². The molecule has 0 saturated carbocycles. The molecule has 2 aliphatic heterocycles. The van der Waals surface area contributed by atoms with Crippen molar-refractivity contribution in [3.05, 3.63) is 47.5 Å². The summed E-state index contributed by atoms with van der Waals surface area (Å²) in [5.41, 5.74) is 3.65. The Labute approximate surface area is 169 Å². The van der Waals surface area contributed by atoms with E-state index < -0.39 is 0 Å². The van der Waals surface area contributed by atoms with Gasteiger partial charge in [0.05, 0.1) is 12.8 Å². The van der Waals surface area contributed by atoms with Crippen LogP contribution in [0.2, 0.25) is 0 Å². The van der Waals surface area contributed by atoms with Crippen molar-refractivity contribution in [2.45, 2.75) is 26.2 Å². The van der Waals surface area contributed by atoms with Gasteiger partial charge in [0.25, 0.3) is 5.91 Å². The fourth-order valence-electron chi connectivity index (χ4n) is 3.95. The summed E-state index contributed by atoms with van der Waals surface area (Å²) in [5, 5.41) is 2.90. The molecular weight excluding hydrogens is 370 g/mol. The van der Waals surface area contributed by atoms with Crippen LogP contribution in [0.3, 0.4) is 0 Å². The first kappa shape index (κ1) is 19.0. The van der Waals surface area contributed by atoms with Crippen LogP contribution < -0.4 is 19.9 Å². The van der Waals surface area contributed by atoms with Gasteiger partial charge < -0.3 is 19.9 Å². The predicted octanol–water partition coefficient (Wildman–Crippen LogP) is 2.98. The first-order valence-corrected chi connectivity index (χ1v) is 9.68. The summed E-state index contributed by atoms with van der Waals surface area (Å²) in [4.78, 5) is 40.0. The van der Waals surface area contributed by atoms with E-state index in [9.17, 15) is 14.4 Å². The Balaban J connectivity index is 1.56. The van der Waals surface area contributed by atoms with Crippen molar-refractivity contribution < 1.29 is 19.1 Å². The van der Waals surface area contributed by atoms with Crippen LogP contribution in [0.1, 0.15) is 35.7 Å². The van der Waals surface area contributed by atoms with Crippen LogP contribution in [0, 0.1) is 0 Å². The van der Waals surface area contributed by atoms with Crippen molar-refractivity contribution in [1.82, 2.24) is 0 Å². The number of amides is 3. The number of fused-ring (bicyclic) bond motifs is 1. The molecule has 0 aromatic heterocycles. The number of rotatable bonds is 4. The monoisotopic (exact) mass is 393 g/mol. The molecule has 150 valence electrons. The van der Waals surface area contributed by atoms with Crippen LogP contribution >= 0.6 is 0 Å². The second kappa shape index (κ2) is 7.58. The molecule has 2 heterocycles. The van der Waals surface area contributed by atoms with E-state index in [2.05, 4.69) is 5.32 Å². The molecule has 7 heteroatoms. The molecule has 0 spiro atoms. The van der Waals surface area contributed by atoms with E-state index in [0.717, 1.165) is 24.1 Å². The van der Waals surface area contributed by atoms with Gasteiger partial charge in [0, 0.05) is 43.4 Å². The molecule has 1 saturated heterocycles. The Morgan fingerprint density at radius 1 is 1.03 bits per heavy atom. The number of ether oxygens (including phenoxy) is 1. The third-order valence-corrected chi connectivity index (χ3v) is 5.42. The van der Waals surface area contributed by atoms with Crippen molar-refractivity contribution >= 4 is 34.8 Å². The fraction of sp³-hybridized carbons (Fsp3) is 0.318. The van der Waals surface area contributed by atoms with Crippen LogP contribution in [-0.2, 0) is 16.0 Å². The molecule has 0 radical (unpaired) electrons. The summed E-state index contributed by atoms with van der Waals surface area (Å²) < 4.78 is 5.39. The quantitative estimate of drug-likeness (QED) is 0.866. The van der Waals surface area contributed by atoms with Gasteiger partial charge in [-0.2, -0.15) is 0 Å². The van der Waals surface area contributed by atoms with Crippen molar-refractivity contribution in [2.24, 2.45) is 0 Å². The summed E-state index contributed by atoms with van der Waals surface area (Å²) in [6.07, 6.45) is 2.07. The largest absolute Gasteiger partial charge is 0.495 e. The zero-order valence-corrected chi connectivity index (χ0v) is 16.5. The van der Waals surface area contributed by atoms with Gasteiger partial charge >= 0.3 is 0 Å². The summed E-state index contributed by atoms with van der Waals surface area (Å²) in [6, 6.07) is 10.7. The molecule has 1 fully saturated rings. The Hall–Kier alpha value is -3.35. The minimum Gasteiger partial charge on any atom is -0.495 e. The number of anilines is 3. The number of nitrogens with one attached hydrogen (secondary N) is 1. The molecule has 2 aliphatic rings. The molecule has 2 aromatic carbocycles. The van der Waals surface area contributed by atoms with Crippen LogP contribution in [0.15, 0.2) is 36.4 Å². The molecule has 4 rings (SSSR count). The molecular formula is C22H23N3O4. The van der Waals surface area contributed by atoms with Gasteiger partial charge in [0.1, 0.15) is 5.75 Å². The Bertz CT molecular complexity index is 1000. The Morgan fingerprint density at radius 3 is 2.55 bits per heavy atom. The second-order valence-corrected chi connectivity index (χ2v) is 7.25. The average Bonchev–Trinajstić information content (AvgIpc) is 3.33. The standard InChI is InChI=1S/C22H23N3O4/c1-14(26)24-11-9-15-12-16(5-7-18(15)24)22(28)23-17-6-8-20(29-2)19(13-17)25-10-3-4-21(25)27/h5-8,12-13H,3-4,9-11H2,1-2H3,(H,23,28). The smallest absolute Gasteiger partial charge is 0.255 e. The molecule has 1 N–H and O–H groups in total. The van der Waals surface area contributed by atoms with Gasteiger partial charge in [0.15, 0.2) is 0 Å². The molecule has 0 unspecified atom stereocenters. The highest BCUT2D eigenvalue weighted by Crippen LogP contribution is 2.34. The van der Waals surface area contributed by atoms with Gasteiger partial charge in [0.2, 0.25) is 11.8 Å². The van der Waals surface area contributed by atoms with Crippen LogP contribution in [0.5, 0.6) is 5.75 Å². The zero-order chi connectivity index (χ0) is 20.5. The lowest BCUT2D eigenvalue weighted by Gasteiger charge is -2.20. The van der Waals surface area contributed by atoms with E-state index >= 15 is 0 Å². The second-order valence-electron chi connectivity index (χ2n) is 7.25. The first-order chi connectivity index (χ1) is 14.0. The van der Waals surface area contributed by atoms with E-state index in [4.69, 9.17) is 4.74 Å². The van der Waals surface area contributed by atoms with E-state index in [1.807, 2.05) is 12.1 Å². The Morgan fingerprint density at radius 2 is 1.86 bits per heavy atom. The number of nitrogens with zero attached hydrogens (tertiary/aromatic N) is 2. The number of benzene rings is 2. The lowest BCUT2D eigenvalue weighted by Crippen LogP contribution is -2.25. The highest BCUT2D eigenvalue weighted by atomic mass is 16.5. The molecule has 7 nitrogen and oxygen atoms in total. The Kier molecular flexibility index (Phi) is 4.96. The maximum atomic E-state index is 12.8. The SMILES string of the molecule is COc1ccc(NC(=O)c2ccc3c(c2)CCN3C(C)=O)cc1N1CCCC1=O. The minimum absolute atomic E-state index is 0.00294. The van der Waals surface area contributed by atoms with Crippen LogP contribution in [0.4, 0.5) is 17.1 Å². The predicted molar refractivity (Wildman–Crippen MR) is 111 cm³/mol. The third kappa shape index (κ3) is 3.55. The van der Waals surface area contributed by atoms with Crippen LogP contribution in [-0.4, -0.2) is 37.9 Å². The summed E-state index contributed by atoms with van der Waals surface area (Å²) in [5.74, 6) is 0.418. The lowest BCUT2D eigenvalue weighted by atomic mass is 10.1. The van der Waals surface area contributed by atoms with Crippen molar-refractivity contribution in [3.8, 4) is 5.75 Å². The number of hydrogen-bond donors (Lipinski definition) is 1.